The molecule has 0 aliphatic rings. The van der Waals surface area contributed by atoms with Crippen LogP contribution in [0.15, 0.2) is 28.4 Å². The first-order valence-electron chi connectivity index (χ1n) is 10.2. The SMILES string of the molecule is CCN(CC)c1ccc(N=Nc2c(C#N)c(C(C)(C)C)nn2S(C)(=O)=O)c(NC(C)=O)c1. The molecule has 172 valence electrons. The van der Waals surface area contributed by atoms with Crippen LogP contribution in [0.25, 0.3) is 0 Å². The molecule has 1 aromatic carbocycles. The first-order valence-corrected chi connectivity index (χ1v) is 12.0. The summed E-state index contributed by atoms with van der Waals surface area (Å²) < 4.78 is 25.3. The Hall–Kier alpha value is -3.26. The van der Waals surface area contributed by atoms with E-state index in [1.54, 1.807) is 12.1 Å². The van der Waals surface area contributed by atoms with Gasteiger partial charge in [-0.3, -0.25) is 4.79 Å². The zero-order valence-corrected chi connectivity index (χ0v) is 20.3. The molecule has 0 radical (unpaired) electrons. The Morgan fingerprint density at radius 2 is 1.88 bits per heavy atom. The molecule has 0 atom stereocenters. The predicted octanol–water partition coefficient (Wildman–Crippen LogP) is 4.08. The van der Waals surface area contributed by atoms with Crippen molar-refractivity contribution in [1.82, 2.24) is 9.19 Å². The van der Waals surface area contributed by atoms with Gasteiger partial charge < -0.3 is 10.2 Å². The fourth-order valence-corrected chi connectivity index (χ4v) is 3.80. The van der Waals surface area contributed by atoms with Crippen molar-refractivity contribution in [1.29, 1.82) is 5.26 Å². The average Bonchev–Trinajstić information content (AvgIpc) is 3.07. The van der Waals surface area contributed by atoms with Gasteiger partial charge in [-0.15, -0.1) is 14.3 Å². The summed E-state index contributed by atoms with van der Waals surface area (Å²) in [5.74, 6) is -0.464. The second-order valence-electron chi connectivity index (χ2n) is 8.27. The minimum Gasteiger partial charge on any atom is -0.372 e. The van der Waals surface area contributed by atoms with Crippen molar-refractivity contribution in [2.45, 2.75) is 47.0 Å². The quantitative estimate of drug-likeness (QED) is 0.620. The molecule has 0 bridgehead atoms. The van der Waals surface area contributed by atoms with E-state index in [1.807, 2.05) is 46.8 Å². The molecule has 1 heterocycles. The van der Waals surface area contributed by atoms with Crippen LogP contribution in [0.2, 0.25) is 0 Å². The van der Waals surface area contributed by atoms with Crippen LogP contribution in [0.5, 0.6) is 0 Å². The minimum absolute atomic E-state index is 0.0347. The molecule has 0 saturated heterocycles. The van der Waals surface area contributed by atoms with Crippen molar-refractivity contribution in [3.8, 4) is 6.07 Å². The van der Waals surface area contributed by atoms with E-state index >= 15 is 0 Å². The molecule has 1 N–H and O–H groups in total. The third-order valence-electron chi connectivity index (χ3n) is 4.64. The smallest absolute Gasteiger partial charge is 0.252 e. The van der Waals surface area contributed by atoms with Crippen LogP contribution >= 0.6 is 0 Å². The highest BCUT2D eigenvalue weighted by Gasteiger charge is 2.30. The molecule has 0 aliphatic carbocycles. The number of amides is 1. The van der Waals surface area contributed by atoms with Gasteiger partial charge in [-0.2, -0.15) is 10.4 Å². The maximum atomic E-state index is 12.3. The third-order valence-corrected chi connectivity index (χ3v) is 5.52. The van der Waals surface area contributed by atoms with E-state index in [2.05, 4.69) is 25.5 Å². The lowest BCUT2D eigenvalue weighted by Gasteiger charge is -2.22. The molecule has 1 amide bonds. The Bertz CT molecular complexity index is 1180. The fraction of sp³-hybridized carbons (Fsp3) is 0.476. The van der Waals surface area contributed by atoms with Gasteiger partial charge in [-0.1, -0.05) is 20.8 Å². The summed E-state index contributed by atoms with van der Waals surface area (Å²) in [5.41, 5.74) is 1.39. The Morgan fingerprint density at radius 1 is 1.25 bits per heavy atom. The maximum absolute atomic E-state index is 12.3. The second-order valence-corrected chi connectivity index (χ2v) is 10.1. The predicted molar refractivity (Wildman–Crippen MR) is 124 cm³/mol. The number of hydrogen-bond acceptors (Lipinski definition) is 8. The Morgan fingerprint density at radius 3 is 2.34 bits per heavy atom. The van der Waals surface area contributed by atoms with Crippen molar-refractivity contribution in [3.05, 3.63) is 29.5 Å². The maximum Gasteiger partial charge on any atom is 0.252 e. The van der Waals surface area contributed by atoms with E-state index in [4.69, 9.17) is 0 Å². The van der Waals surface area contributed by atoms with Gasteiger partial charge >= 0.3 is 0 Å². The number of carbonyl (C=O) groups excluding carboxylic acids is 1. The molecular formula is C21H29N7O3S. The molecular weight excluding hydrogens is 430 g/mol. The molecule has 0 aliphatic heterocycles. The van der Waals surface area contributed by atoms with Crippen molar-refractivity contribution >= 4 is 38.8 Å². The van der Waals surface area contributed by atoms with Crippen LogP contribution in [0.3, 0.4) is 0 Å². The van der Waals surface area contributed by atoms with Gasteiger partial charge in [-0.05, 0) is 32.0 Å². The van der Waals surface area contributed by atoms with Crippen LogP contribution < -0.4 is 10.2 Å². The van der Waals surface area contributed by atoms with Gasteiger partial charge in [-0.25, -0.2) is 8.42 Å². The van der Waals surface area contributed by atoms with Crippen LogP contribution in [0, 0.1) is 11.3 Å². The zero-order chi connectivity index (χ0) is 24.3. The largest absolute Gasteiger partial charge is 0.372 e. The molecule has 0 saturated carbocycles. The molecule has 10 nitrogen and oxygen atoms in total. The number of benzene rings is 1. The first-order chi connectivity index (χ1) is 14.8. The molecule has 11 heteroatoms. The van der Waals surface area contributed by atoms with Crippen LogP contribution in [0.1, 0.15) is 52.8 Å². The normalized spacial score (nSPS) is 12.1. The number of hydrogen-bond donors (Lipinski definition) is 1. The average molecular weight is 460 g/mol. The van der Waals surface area contributed by atoms with Gasteiger partial charge in [0, 0.05) is 31.1 Å². The standard InChI is InChI=1S/C21H29N7O3S/c1-8-27(9-2)15-10-11-17(18(12-15)23-14(3)29)24-25-20-16(13-22)19(21(4,5)6)26-28(20)32(7,30)31/h10-12H,8-9H2,1-7H3,(H,23,29). The van der Waals surface area contributed by atoms with Gasteiger partial charge in [0.25, 0.3) is 10.0 Å². The molecule has 0 spiro atoms. The van der Waals surface area contributed by atoms with Gasteiger partial charge in [0.1, 0.15) is 17.3 Å². The number of nitrogens with one attached hydrogen (secondary N) is 1. The summed E-state index contributed by atoms with van der Waals surface area (Å²) >= 11 is 0. The molecule has 1 aromatic heterocycles. The molecule has 32 heavy (non-hydrogen) atoms. The highest BCUT2D eigenvalue weighted by Crippen LogP contribution is 2.35. The number of nitriles is 1. The fourth-order valence-electron chi connectivity index (χ4n) is 3.12. The van der Waals surface area contributed by atoms with Crippen molar-refractivity contribution < 1.29 is 13.2 Å². The van der Waals surface area contributed by atoms with Gasteiger partial charge in [0.15, 0.2) is 0 Å². The Labute approximate surface area is 189 Å². The Balaban J connectivity index is 2.68. The van der Waals surface area contributed by atoms with E-state index in [0.29, 0.717) is 17.1 Å². The Kier molecular flexibility index (Phi) is 7.41. The van der Waals surface area contributed by atoms with E-state index in [9.17, 15) is 18.5 Å². The molecule has 2 rings (SSSR count). The highest BCUT2D eigenvalue weighted by molar-refractivity contribution is 7.89. The number of anilines is 2. The van der Waals surface area contributed by atoms with Crippen molar-refractivity contribution in [2.24, 2.45) is 10.2 Å². The number of nitrogens with zero attached hydrogens (tertiary/aromatic N) is 6. The zero-order valence-electron chi connectivity index (χ0n) is 19.5. The summed E-state index contributed by atoms with van der Waals surface area (Å²) in [7, 11) is -3.84. The van der Waals surface area contributed by atoms with E-state index in [-0.39, 0.29) is 17.3 Å². The van der Waals surface area contributed by atoms with Crippen LogP contribution in [0.4, 0.5) is 22.9 Å². The number of rotatable bonds is 7. The third kappa shape index (κ3) is 5.50. The topological polar surface area (TPSA) is 133 Å². The summed E-state index contributed by atoms with van der Waals surface area (Å²) in [5, 5.41) is 24.8. The van der Waals surface area contributed by atoms with E-state index in [0.717, 1.165) is 29.1 Å². The molecule has 0 unspecified atom stereocenters. The van der Waals surface area contributed by atoms with Gasteiger partial charge in [0.2, 0.25) is 11.7 Å². The minimum atomic E-state index is -3.84. The lowest BCUT2D eigenvalue weighted by Crippen LogP contribution is -2.21. The van der Waals surface area contributed by atoms with Crippen LogP contribution in [-0.4, -0.2) is 42.9 Å². The lowest BCUT2D eigenvalue weighted by molar-refractivity contribution is -0.114. The van der Waals surface area contributed by atoms with Gasteiger partial charge in [0.05, 0.1) is 17.6 Å². The summed E-state index contributed by atoms with van der Waals surface area (Å²) in [6.45, 7) is 12.5. The highest BCUT2D eigenvalue weighted by atomic mass is 32.2. The van der Waals surface area contributed by atoms with E-state index < -0.39 is 15.4 Å². The monoisotopic (exact) mass is 459 g/mol. The van der Waals surface area contributed by atoms with Crippen molar-refractivity contribution in [2.75, 3.05) is 29.6 Å². The second kappa shape index (κ2) is 9.48. The first kappa shape index (κ1) is 25.0. The molecule has 2 aromatic rings. The summed E-state index contributed by atoms with van der Waals surface area (Å²) in [4.78, 5) is 13.8. The van der Waals surface area contributed by atoms with Crippen molar-refractivity contribution in [3.63, 3.8) is 0 Å². The number of carbonyl (C=O) groups is 1. The lowest BCUT2D eigenvalue weighted by atomic mass is 9.90. The summed E-state index contributed by atoms with van der Waals surface area (Å²) in [6.07, 6.45) is 0.980. The number of aromatic nitrogens is 2. The molecule has 0 fully saturated rings. The summed E-state index contributed by atoms with van der Waals surface area (Å²) in [6, 6.07) is 7.31. The van der Waals surface area contributed by atoms with E-state index in [1.165, 1.54) is 6.92 Å². The number of azo groups is 1. The van der Waals surface area contributed by atoms with Crippen LogP contribution in [-0.2, 0) is 20.2 Å².